The topological polar surface area (TPSA) is 96.9 Å². The summed E-state index contributed by atoms with van der Waals surface area (Å²) in [6.07, 6.45) is 3.15. The molecule has 2 amide bonds. The normalized spacial score (nSPS) is 11.2. The van der Waals surface area contributed by atoms with Crippen LogP contribution in [0.1, 0.15) is 42.6 Å². The molecule has 0 spiro atoms. The van der Waals surface area contributed by atoms with E-state index >= 15 is 0 Å². The van der Waals surface area contributed by atoms with Gasteiger partial charge in [0.25, 0.3) is 5.91 Å². The van der Waals surface area contributed by atoms with Crippen LogP contribution >= 0.6 is 11.3 Å². The van der Waals surface area contributed by atoms with Crippen molar-refractivity contribution >= 4 is 34.0 Å². The Balaban J connectivity index is 1.57. The summed E-state index contributed by atoms with van der Waals surface area (Å²) in [6.45, 7) is 6.02. The summed E-state index contributed by atoms with van der Waals surface area (Å²) in [5.74, 6) is -0.801. The molecule has 2 aromatic heterocycles. The minimum atomic E-state index is -0.610. The zero-order valence-electron chi connectivity index (χ0n) is 16.2. The Morgan fingerprint density at radius 1 is 1.10 bits per heavy atom. The Hall–Kier alpha value is -3.20. The second kappa shape index (κ2) is 8.44. The van der Waals surface area contributed by atoms with Crippen LogP contribution < -0.4 is 10.6 Å². The van der Waals surface area contributed by atoms with Gasteiger partial charge in [0.15, 0.2) is 5.13 Å². The maximum absolute atomic E-state index is 13.7. The van der Waals surface area contributed by atoms with Gasteiger partial charge >= 0.3 is 0 Å². The molecule has 0 fully saturated rings. The average Bonchev–Trinajstić information content (AvgIpc) is 3.08. The van der Waals surface area contributed by atoms with Crippen molar-refractivity contribution in [3.8, 4) is 0 Å². The van der Waals surface area contributed by atoms with Gasteiger partial charge in [0.2, 0.25) is 5.91 Å². The Morgan fingerprint density at radius 3 is 2.45 bits per heavy atom. The minimum Gasteiger partial charge on any atom is -0.323 e. The summed E-state index contributed by atoms with van der Waals surface area (Å²) < 4.78 is 13.7. The van der Waals surface area contributed by atoms with Gasteiger partial charge in [-0.3, -0.25) is 14.9 Å². The number of carbonyl (C=O) groups excluding carboxylic acids is 2. The number of hydrogen-bond acceptors (Lipinski definition) is 6. The maximum Gasteiger partial charge on any atom is 0.260 e. The van der Waals surface area contributed by atoms with Gasteiger partial charge in [0.1, 0.15) is 11.6 Å². The van der Waals surface area contributed by atoms with Crippen LogP contribution in [0.2, 0.25) is 0 Å². The van der Waals surface area contributed by atoms with Gasteiger partial charge in [-0.05, 0) is 12.1 Å². The highest BCUT2D eigenvalue weighted by atomic mass is 32.1. The van der Waals surface area contributed by atoms with Gasteiger partial charge in [-0.25, -0.2) is 19.3 Å². The van der Waals surface area contributed by atoms with Crippen LogP contribution in [0.4, 0.5) is 15.2 Å². The quantitative estimate of drug-likeness (QED) is 0.663. The fourth-order valence-corrected chi connectivity index (χ4v) is 3.11. The smallest absolute Gasteiger partial charge is 0.260 e. The number of anilines is 2. The van der Waals surface area contributed by atoms with E-state index in [1.807, 2.05) is 20.8 Å². The predicted molar refractivity (Wildman–Crippen MR) is 110 cm³/mol. The monoisotopic (exact) mass is 413 g/mol. The molecule has 3 aromatic rings. The Morgan fingerprint density at radius 2 is 1.79 bits per heavy atom. The molecule has 0 bridgehead atoms. The van der Waals surface area contributed by atoms with Crippen molar-refractivity contribution in [3.63, 3.8) is 0 Å². The molecule has 1 aromatic carbocycles. The number of rotatable bonds is 5. The zero-order chi connectivity index (χ0) is 21.0. The summed E-state index contributed by atoms with van der Waals surface area (Å²) in [5, 5.41) is 7.21. The summed E-state index contributed by atoms with van der Waals surface area (Å²) in [7, 11) is 0. The first kappa shape index (κ1) is 20.5. The Kier molecular flexibility index (Phi) is 5.97. The van der Waals surface area contributed by atoms with Crippen molar-refractivity contribution in [1.82, 2.24) is 15.0 Å². The standard InChI is InChI=1S/C20H20FN5O2S/c1-20(2,3)18-22-9-13(10-23-18)24-16(27)8-12-11-29-19(25-12)26-17(28)14-6-4-5-7-15(14)21/h4-7,9-11H,8H2,1-3H3,(H,24,27)(H,25,26,28). The molecule has 3 rings (SSSR count). The molecule has 0 saturated carbocycles. The summed E-state index contributed by atoms with van der Waals surface area (Å²) >= 11 is 1.16. The van der Waals surface area contributed by atoms with Gasteiger partial charge in [-0.1, -0.05) is 32.9 Å². The van der Waals surface area contributed by atoms with Crippen molar-refractivity contribution in [2.24, 2.45) is 0 Å². The molecule has 0 aliphatic heterocycles. The lowest BCUT2D eigenvalue weighted by Gasteiger charge is -2.16. The van der Waals surface area contributed by atoms with Crippen LogP contribution in [0.25, 0.3) is 0 Å². The molecular formula is C20H20FN5O2S. The zero-order valence-corrected chi connectivity index (χ0v) is 17.0. The Labute approximate surface area is 171 Å². The molecular weight excluding hydrogens is 393 g/mol. The number of thiazole rings is 1. The van der Waals surface area contributed by atoms with Gasteiger partial charge in [-0.15, -0.1) is 11.3 Å². The van der Waals surface area contributed by atoms with E-state index in [-0.39, 0.29) is 23.3 Å². The summed E-state index contributed by atoms with van der Waals surface area (Å²) in [6, 6.07) is 5.69. The van der Waals surface area contributed by atoms with Gasteiger partial charge < -0.3 is 5.32 Å². The lowest BCUT2D eigenvalue weighted by atomic mass is 9.96. The number of halogens is 1. The first-order valence-electron chi connectivity index (χ1n) is 8.85. The maximum atomic E-state index is 13.7. The van der Waals surface area contributed by atoms with E-state index in [0.717, 1.165) is 11.3 Å². The minimum absolute atomic E-state index is 0.0209. The van der Waals surface area contributed by atoms with Crippen molar-refractivity contribution < 1.29 is 14.0 Å². The van der Waals surface area contributed by atoms with Crippen molar-refractivity contribution in [1.29, 1.82) is 0 Å². The second-order valence-electron chi connectivity index (χ2n) is 7.35. The molecule has 7 nitrogen and oxygen atoms in total. The molecule has 0 aliphatic carbocycles. The van der Waals surface area contributed by atoms with E-state index in [4.69, 9.17) is 0 Å². The Bertz CT molecular complexity index is 1030. The molecule has 2 heterocycles. The van der Waals surface area contributed by atoms with Crippen LogP contribution in [-0.2, 0) is 16.6 Å². The molecule has 0 saturated heterocycles. The second-order valence-corrected chi connectivity index (χ2v) is 8.21. The van der Waals surface area contributed by atoms with E-state index in [2.05, 4.69) is 25.6 Å². The number of hydrogen-bond donors (Lipinski definition) is 2. The largest absolute Gasteiger partial charge is 0.323 e. The SMILES string of the molecule is CC(C)(C)c1ncc(NC(=O)Cc2csc(NC(=O)c3ccccc3F)n2)cn1. The van der Waals surface area contributed by atoms with Crippen molar-refractivity contribution in [2.45, 2.75) is 32.6 Å². The van der Waals surface area contributed by atoms with Crippen LogP contribution in [0.5, 0.6) is 0 Å². The van der Waals surface area contributed by atoms with Crippen LogP contribution in [0.3, 0.4) is 0 Å². The highest BCUT2D eigenvalue weighted by molar-refractivity contribution is 7.14. The molecule has 9 heteroatoms. The van der Waals surface area contributed by atoms with Crippen LogP contribution in [-0.4, -0.2) is 26.8 Å². The lowest BCUT2D eigenvalue weighted by molar-refractivity contribution is -0.115. The third-order valence-corrected chi connectivity index (χ3v) is 4.65. The molecule has 0 aliphatic rings. The van der Waals surface area contributed by atoms with E-state index in [1.54, 1.807) is 23.8 Å². The third kappa shape index (κ3) is 5.41. The van der Waals surface area contributed by atoms with Crippen molar-refractivity contribution in [3.05, 3.63) is 64.9 Å². The average molecular weight is 413 g/mol. The van der Waals surface area contributed by atoms with Gasteiger partial charge in [0.05, 0.1) is 35.8 Å². The fourth-order valence-electron chi connectivity index (χ4n) is 2.40. The molecule has 0 atom stereocenters. The van der Waals surface area contributed by atoms with Crippen LogP contribution in [0, 0.1) is 5.82 Å². The first-order chi connectivity index (χ1) is 13.7. The molecule has 0 unspecified atom stereocenters. The lowest BCUT2D eigenvalue weighted by Crippen LogP contribution is -2.18. The highest BCUT2D eigenvalue weighted by Gasteiger charge is 2.17. The number of nitrogens with one attached hydrogen (secondary N) is 2. The van der Waals surface area contributed by atoms with E-state index in [1.165, 1.54) is 18.2 Å². The highest BCUT2D eigenvalue weighted by Crippen LogP contribution is 2.20. The predicted octanol–water partition coefficient (Wildman–Crippen LogP) is 3.80. The molecule has 2 N–H and O–H groups in total. The van der Waals surface area contributed by atoms with E-state index in [9.17, 15) is 14.0 Å². The molecule has 150 valence electrons. The van der Waals surface area contributed by atoms with E-state index in [0.29, 0.717) is 22.3 Å². The van der Waals surface area contributed by atoms with Gasteiger partial charge in [-0.2, -0.15) is 0 Å². The van der Waals surface area contributed by atoms with Crippen molar-refractivity contribution in [2.75, 3.05) is 10.6 Å². The van der Waals surface area contributed by atoms with Gasteiger partial charge in [0, 0.05) is 10.8 Å². The number of carbonyl (C=O) groups is 2. The number of benzene rings is 1. The first-order valence-corrected chi connectivity index (χ1v) is 9.73. The summed E-state index contributed by atoms with van der Waals surface area (Å²) in [4.78, 5) is 37.1. The summed E-state index contributed by atoms with van der Waals surface area (Å²) in [5.41, 5.74) is 0.739. The number of nitrogens with zero attached hydrogens (tertiary/aromatic N) is 3. The van der Waals surface area contributed by atoms with E-state index < -0.39 is 11.7 Å². The molecule has 0 radical (unpaired) electrons. The third-order valence-electron chi connectivity index (χ3n) is 3.84. The number of aromatic nitrogens is 3. The fraction of sp³-hybridized carbons (Fsp3) is 0.250. The molecule has 29 heavy (non-hydrogen) atoms. The van der Waals surface area contributed by atoms with Crippen LogP contribution in [0.15, 0.2) is 42.0 Å². The number of amides is 2.